The van der Waals surface area contributed by atoms with Crippen LogP contribution >= 0.6 is 0 Å². The van der Waals surface area contributed by atoms with E-state index < -0.39 is 0 Å². The number of imidazole rings is 1. The SMILES string of the molecule is Cc1coc(NC(=O)c2ccc3nc[nH]c3c2)n1. The zero-order chi connectivity index (χ0) is 12.5. The van der Waals surface area contributed by atoms with Crippen LogP contribution in [0.1, 0.15) is 16.1 Å². The van der Waals surface area contributed by atoms with Gasteiger partial charge in [0.25, 0.3) is 5.91 Å². The van der Waals surface area contributed by atoms with Crippen LogP contribution in [0.5, 0.6) is 0 Å². The first-order valence-corrected chi connectivity index (χ1v) is 5.39. The molecule has 0 bridgehead atoms. The molecule has 0 saturated heterocycles. The molecule has 0 spiro atoms. The van der Waals surface area contributed by atoms with Gasteiger partial charge in [-0.2, -0.15) is 4.98 Å². The van der Waals surface area contributed by atoms with Gasteiger partial charge in [0, 0.05) is 5.56 Å². The average Bonchev–Trinajstić information content (AvgIpc) is 2.96. The molecule has 0 radical (unpaired) electrons. The lowest BCUT2D eigenvalue weighted by molar-refractivity contribution is 0.102. The molecule has 0 unspecified atom stereocenters. The maximum atomic E-state index is 11.9. The van der Waals surface area contributed by atoms with Crippen LogP contribution in [0.3, 0.4) is 0 Å². The molecule has 6 heteroatoms. The summed E-state index contributed by atoms with van der Waals surface area (Å²) in [7, 11) is 0. The number of carbonyl (C=O) groups is 1. The zero-order valence-electron chi connectivity index (χ0n) is 9.60. The number of hydrogen-bond acceptors (Lipinski definition) is 4. The van der Waals surface area contributed by atoms with Crippen LogP contribution < -0.4 is 5.32 Å². The summed E-state index contributed by atoms with van der Waals surface area (Å²) in [6.45, 7) is 1.79. The molecule has 0 aliphatic carbocycles. The van der Waals surface area contributed by atoms with E-state index in [0.29, 0.717) is 11.3 Å². The van der Waals surface area contributed by atoms with Crippen molar-refractivity contribution in [2.24, 2.45) is 0 Å². The Morgan fingerprint density at radius 2 is 2.33 bits per heavy atom. The number of fused-ring (bicyclic) bond motifs is 1. The van der Waals surface area contributed by atoms with Gasteiger partial charge in [-0.15, -0.1) is 0 Å². The van der Waals surface area contributed by atoms with Gasteiger partial charge in [0.15, 0.2) is 0 Å². The van der Waals surface area contributed by atoms with Crippen LogP contribution in [0.2, 0.25) is 0 Å². The molecule has 0 saturated carbocycles. The van der Waals surface area contributed by atoms with E-state index in [4.69, 9.17) is 4.42 Å². The van der Waals surface area contributed by atoms with E-state index in [1.807, 2.05) is 0 Å². The molecule has 1 amide bonds. The molecule has 0 aliphatic heterocycles. The summed E-state index contributed by atoms with van der Waals surface area (Å²) >= 11 is 0. The number of nitrogens with zero attached hydrogens (tertiary/aromatic N) is 2. The lowest BCUT2D eigenvalue weighted by atomic mass is 10.2. The number of aromatic nitrogens is 3. The Labute approximate surface area is 102 Å². The number of nitrogens with one attached hydrogen (secondary N) is 2. The van der Waals surface area contributed by atoms with Crippen LogP contribution in [-0.2, 0) is 0 Å². The first-order valence-electron chi connectivity index (χ1n) is 5.39. The third kappa shape index (κ3) is 1.84. The van der Waals surface area contributed by atoms with Crippen molar-refractivity contribution in [1.29, 1.82) is 0 Å². The van der Waals surface area contributed by atoms with Gasteiger partial charge < -0.3 is 9.40 Å². The highest BCUT2D eigenvalue weighted by molar-refractivity contribution is 6.04. The van der Waals surface area contributed by atoms with Crippen molar-refractivity contribution >= 4 is 23.0 Å². The molecule has 0 atom stereocenters. The van der Waals surface area contributed by atoms with Crippen LogP contribution in [-0.4, -0.2) is 20.9 Å². The van der Waals surface area contributed by atoms with E-state index in [1.54, 1.807) is 31.5 Å². The minimum absolute atomic E-state index is 0.196. The number of aryl methyl sites for hydroxylation is 1. The van der Waals surface area contributed by atoms with Crippen molar-refractivity contribution < 1.29 is 9.21 Å². The van der Waals surface area contributed by atoms with Gasteiger partial charge >= 0.3 is 6.01 Å². The Morgan fingerprint density at radius 1 is 1.44 bits per heavy atom. The van der Waals surface area contributed by atoms with E-state index in [-0.39, 0.29) is 11.9 Å². The van der Waals surface area contributed by atoms with Crippen molar-refractivity contribution in [3.8, 4) is 0 Å². The molecule has 2 aromatic heterocycles. The summed E-state index contributed by atoms with van der Waals surface area (Å²) in [5.74, 6) is -0.270. The first kappa shape index (κ1) is 10.5. The predicted molar refractivity (Wildman–Crippen MR) is 65.3 cm³/mol. The largest absolute Gasteiger partial charge is 0.432 e. The normalized spacial score (nSPS) is 10.7. The Balaban J connectivity index is 1.87. The Bertz CT molecular complexity index is 714. The summed E-state index contributed by atoms with van der Waals surface area (Å²) < 4.78 is 5.07. The van der Waals surface area contributed by atoms with E-state index in [2.05, 4.69) is 20.3 Å². The number of amides is 1. The van der Waals surface area contributed by atoms with Crippen LogP contribution in [0.25, 0.3) is 11.0 Å². The molecule has 90 valence electrons. The van der Waals surface area contributed by atoms with E-state index in [1.165, 1.54) is 6.26 Å². The number of rotatable bonds is 2. The molecule has 6 nitrogen and oxygen atoms in total. The fraction of sp³-hybridized carbons (Fsp3) is 0.0833. The molecule has 18 heavy (non-hydrogen) atoms. The van der Waals surface area contributed by atoms with Crippen LogP contribution in [0, 0.1) is 6.92 Å². The van der Waals surface area contributed by atoms with E-state index in [0.717, 1.165) is 11.0 Å². The topological polar surface area (TPSA) is 83.8 Å². The van der Waals surface area contributed by atoms with Gasteiger partial charge in [-0.3, -0.25) is 10.1 Å². The van der Waals surface area contributed by atoms with Crippen molar-refractivity contribution in [1.82, 2.24) is 15.0 Å². The first-order chi connectivity index (χ1) is 8.72. The Hall–Kier alpha value is -2.63. The van der Waals surface area contributed by atoms with Gasteiger partial charge in [0.05, 0.1) is 23.1 Å². The minimum atomic E-state index is -0.270. The van der Waals surface area contributed by atoms with Gasteiger partial charge in [-0.1, -0.05) is 0 Å². The molecule has 0 aliphatic rings. The van der Waals surface area contributed by atoms with Gasteiger partial charge in [0.2, 0.25) is 0 Å². The Morgan fingerprint density at radius 3 is 3.11 bits per heavy atom. The standard InChI is InChI=1S/C12H10N4O2/c1-7-5-18-12(15-7)16-11(17)8-2-3-9-10(4-8)14-6-13-9/h2-6H,1H3,(H,13,14)(H,15,16,17). The summed E-state index contributed by atoms with van der Waals surface area (Å²) in [6, 6.07) is 5.41. The number of hydrogen-bond donors (Lipinski definition) is 2. The second-order valence-electron chi connectivity index (χ2n) is 3.88. The second-order valence-corrected chi connectivity index (χ2v) is 3.88. The smallest absolute Gasteiger partial charge is 0.301 e. The predicted octanol–water partition coefficient (Wildman–Crippen LogP) is 2.11. The molecule has 3 rings (SSSR count). The Kier molecular flexibility index (Phi) is 2.33. The highest BCUT2D eigenvalue weighted by Crippen LogP contribution is 2.13. The number of H-pyrrole nitrogens is 1. The van der Waals surface area contributed by atoms with E-state index in [9.17, 15) is 4.79 Å². The number of anilines is 1. The van der Waals surface area contributed by atoms with Crippen molar-refractivity contribution in [3.05, 3.63) is 42.0 Å². The maximum absolute atomic E-state index is 11.9. The molecule has 3 aromatic rings. The van der Waals surface area contributed by atoms with Crippen molar-refractivity contribution in [3.63, 3.8) is 0 Å². The van der Waals surface area contributed by atoms with E-state index >= 15 is 0 Å². The van der Waals surface area contributed by atoms with Crippen LogP contribution in [0.4, 0.5) is 6.01 Å². The van der Waals surface area contributed by atoms with Crippen molar-refractivity contribution in [2.45, 2.75) is 6.92 Å². The summed E-state index contributed by atoms with van der Waals surface area (Å²) in [5.41, 5.74) is 2.86. The van der Waals surface area contributed by atoms with Gasteiger partial charge in [0.1, 0.15) is 6.26 Å². The van der Waals surface area contributed by atoms with Gasteiger partial charge in [-0.05, 0) is 25.1 Å². The quantitative estimate of drug-likeness (QED) is 0.720. The second kappa shape index (κ2) is 3.99. The number of oxazole rings is 1. The summed E-state index contributed by atoms with van der Waals surface area (Å²) in [4.78, 5) is 23.0. The molecule has 2 N–H and O–H groups in total. The summed E-state index contributed by atoms with van der Waals surface area (Å²) in [5, 5.41) is 2.58. The lowest BCUT2D eigenvalue weighted by Gasteiger charge is -2.00. The lowest BCUT2D eigenvalue weighted by Crippen LogP contribution is -2.11. The fourth-order valence-corrected chi connectivity index (χ4v) is 1.66. The zero-order valence-corrected chi connectivity index (χ0v) is 9.60. The third-order valence-corrected chi connectivity index (χ3v) is 2.52. The fourth-order valence-electron chi connectivity index (χ4n) is 1.66. The third-order valence-electron chi connectivity index (χ3n) is 2.52. The molecule has 0 fully saturated rings. The van der Waals surface area contributed by atoms with Crippen molar-refractivity contribution in [2.75, 3.05) is 5.32 Å². The van der Waals surface area contributed by atoms with Crippen LogP contribution in [0.15, 0.2) is 35.2 Å². The molecular weight excluding hydrogens is 232 g/mol. The average molecular weight is 242 g/mol. The summed E-state index contributed by atoms with van der Waals surface area (Å²) in [6.07, 6.45) is 3.07. The molecular formula is C12H10N4O2. The minimum Gasteiger partial charge on any atom is -0.432 e. The monoisotopic (exact) mass is 242 g/mol. The highest BCUT2D eigenvalue weighted by Gasteiger charge is 2.10. The van der Waals surface area contributed by atoms with Gasteiger partial charge in [-0.25, -0.2) is 4.98 Å². The maximum Gasteiger partial charge on any atom is 0.301 e. The number of benzene rings is 1. The molecule has 1 aromatic carbocycles. The number of carbonyl (C=O) groups excluding carboxylic acids is 1. The highest BCUT2D eigenvalue weighted by atomic mass is 16.4. The number of aromatic amines is 1. The molecule has 2 heterocycles.